The number of halogens is 1. The number of aromatic nitrogens is 1. The van der Waals surface area contributed by atoms with Crippen molar-refractivity contribution in [2.75, 3.05) is 11.9 Å². The van der Waals surface area contributed by atoms with Crippen molar-refractivity contribution in [1.82, 2.24) is 9.88 Å². The van der Waals surface area contributed by atoms with E-state index in [0.717, 1.165) is 31.2 Å². The normalized spacial score (nSPS) is 16.6. The Bertz CT molecular complexity index is 997. The van der Waals surface area contributed by atoms with Crippen molar-refractivity contribution in [3.05, 3.63) is 84.4 Å². The predicted molar refractivity (Wildman–Crippen MR) is 114 cm³/mol. The van der Waals surface area contributed by atoms with E-state index in [4.69, 9.17) is 4.74 Å². The van der Waals surface area contributed by atoms with Crippen LogP contribution in [0.15, 0.2) is 73.1 Å². The summed E-state index contributed by atoms with van der Waals surface area (Å²) >= 11 is 0. The number of carbonyl (C=O) groups excluding carboxylic acids is 1. The molecule has 30 heavy (non-hydrogen) atoms. The third-order valence-electron chi connectivity index (χ3n) is 5.26. The molecule has 0 spiro atoms. The number of amides is 2. The molecule has 2 aromatic carbocycles. The summed E-state index contributed by atoms with van der Waals surface area (Å²) in [6.45, 7) is 0.686. The van der Waals surface area contributed by atoms with Crippen molar-refractivity contribution in [2.24, 2.45) is 0 Å². The van der Waals surface area contributed by atoms with Crippen LogP contribution in [0.1, 0.15) is 37.3 Å². The lowest BCUT2D eigenvalue weighted by Crippen LogP contribution is -2.38. The average Bonchev–Trinajstić information content (AvgIpc) is 3.02. The topological polar surface area (TPSA) is 54.5 Å². The Balaban J connectivity index is 1.55. The fraction of sp³-hybridized carbons (Fsp3) is 0.250. The molecule has 0 aliphatic carbocycles. The maximum atomic E-state index is 13.5. The highest BCUT2D eigenvalue weighted by Crippen LogP contribution is 2.33. The van der Waals surface area contributed by atoms with Crippen molar-refractivity contribution >= 4 is 11.7 Å². The maximum absolute atomic E-state index is 13.5. The van der Waals surface area contributed by atoms with Crippen molar-refractivity contribution < 1.29 is 13.9 Å². The number of nitrogens with zero attached hydrogens (tertiary/aromatic N) is 2. The van der Waals surface area contributed by atoms with Gasteiger partial charge in [-0.2, -0.15) is 0 Å². The molecule has 3 aromatic rings. The number of para-hydroxylation sites is 2. The van der Waals surface area contributed by atoms with Crippen molar-refractivity contribution in [1.29, 1.82) is 0 Å². The molecule has 0 radical (unpaired) electrons. The van der Waals surface area contributed by atoms with E-state index >= 15 is 0 Å². The molecule has 1 aliphatic heterocycles. The van der Waals surface area contributed by atoms with Crippen LogP contribution in [-0.4, -0.2) is 22.5 Å². The number of anilines is 1. The zero-order valence-corrected chi connectivity index (χ0v) is 16.6. The first-order valence-electron chi connectivity index (χ1n) is 10.2. The molecule has 2 amide bonds. The Morgan fingerprint density at radius 2 is 1.87 bits per heavy atom. The highest BCUT2D eigenvalue weighted by atomic mass is 19.1. The van der Waals surface area contributed by atoms with Crippen LogP contribution < -0.4 is 10.1 Å². The van der Waals surface area contributed by atoms with Crippen LogP contribution in [0, 0.1) is 5.82 Å². The van der Waals surface area contributed by atoms with Crippen molar-refractivity contribution in [3.63, 3.8) is 0 Å². The number of hydrogen-bond donors (Lipinski definition) is 1. The summed E-state index contributed by atoms with van der Waals surface area (Å²) in [7, 11) is 0. The lowest BCUT2D eigenvalue weighted by molar-refractivity contribution is 0.189. The Morgan fingerprint density at radius 1 is 1.03 bits per heavy atom. The molecule has 1 aromatic heterocycles. The number of hydrogen-bond acceptors (Lipinski definition) is 3. The van der Waals surface area contributed by atoms with Gasteiger partial charge in [0.2, 0.25) is 0 Å². The fourth-order valence-electron chi connectivity index (χ4n) is 3.79. The van der Waals surface area contributed by atoms with E-state index in [-0.39, 0.29) is 17.9 Å². The van der Waals surface area contributed by atoms with Crippen molar-refractivity contribution in [2.45, 2.75) is 31.7 Å². The molecule has 1 saturated heterocycles. The second-order valence-electron chi connectivity index (χ2n) is 7.32. The largest absolute Gasteiger partial charge is 0.455 e. The summed E-state index contributed by atoms with van der Waals surface area (Å²) in [5.41, 5.74) is 1.64. The second kappa shape index (κ2) is 9.39. The first-order chi connectivity index (χ1) is 14.7. The molecule has 2 heterocycles. The second-order valence-corrected chi connectivity index (χ2v) is 7.32. The van der Waals surface area contributed by atoms with Crippen LogP contribution in [0.3, 0.4) is 0 Å². The van der Waals surface area contributed by atoms with Gasteiger partial charge in [-0.3, -0.25) is 4.98 Å². The third kappa shape index (κ3) is 4.76. The molecule has 0 bridgehead atoms. The van der Waals surface area contributed by atoms with Gasteiger partial charge in [-0.05, 0) is 54.8 Å². The van der Waals surface area contributed by atoms with Crippen LogP contribution >= 0.6 is 0 Å². The quantitative estimate of drug-likeness (QED) is 0.565. The van der Waals surface area contributed by atoms with Gasteiger partial charge in [0.25, 0.3) is 0 Å². The molecule has 1 unspecified atom stereocenters. The zero-order valence-electron chi connectivity index (χ0n) is 16.6. The smallest absolute Gasteiger partial charge is 0.322 e. The molecule has 6 heteroatoms. The number of pyridine rings is 1. The number of rotatable bonds is 4. The SMILES string of the molecule is O=C(Nc1ccccc1Oc1cccc(F)c1)N1CCCCCC1c1ccncc1. The zero-order chi connectivity index (χ0) is 20.8. The molecule has 0 saturated carbocycles. The van der Waals surface area contributed by atoms with Gasteiger partial charge in [-0.25, -0.2) is 9.18 Å². The summed E-state index contributed by atoms with van der Waals surface area (Å²) < 4.78 is 19.3. The maximum Gasteiger partial charge on any atom is 0.322 e. The molecule has 1 fully saturated rings. The van der Waals surface area contributed by atoms with Crippen LogP contribution in [0.5, 0.6) is 11.5 Å². The Morgan fingerprint density at radius 3 is 2.70 bits per heavy atom. The summed E-state index contributed by atoms with van der Waals surface area (Å²) in [6.07, 6.45) is 7.59. The number of likely N-dealkylation sites (tertiary alicyclic amines) is 1. The van der Waals surface area contributed by atoms with Crippen LogP contribution in [0.4, 0.5) is 14.9 Å². The van der Waals surface area contributed by atoms with E-state index in [0.29, 0.717) is 23.7 Å². The van der Waals surface area contributed by atoms with E-state index in [9.17, 15) is 9.18 Å². The van der Waals surface area contributed by atoms with Crippen LogP contribution in [-0.2, 0) is 0 Å². The van der Waals surface area contributed by atoms with E-state index in [2.05, 4.69) is 10.3 Å². The highest BCUT2D eigenvalue weighted by Gasteiger charge is 2.27. The molecule has 5 nitrogen and oxygen atoms in total. The predicted octanol–water partition coefficient (Wildman–Crippen LogP) is 6.16. The molecule has 1 aliphatic rings. The summed E-state index contributed by atoms with van der Waals surface area (Å²) in [4.78, 5) is 19.2. The van der Waals surface area contributed by atoms with E-state index < -0.39 is 0 Å². The van der Waals surface area contributed by atoms with Gasteiger partial charge in [0.05, 0.1) is 11.7 Å². The van der Waals surface area contributed by atoms with Crippen LogP contribution in [0.2, 0.25) is 0 Å². The lowest BCUT2D eigenvalue weighted by atomic mass is 10.0. The molecular formula is C24H24FN3O2. The van der Waals surface area contributed by atoms with Gasteiger partial charge in [0, 0.05) is 25.0 Å². The van der Waals surface area contributed by atoms with Gasteiger partial charge < -0.3 is 15.0 Å². The number of ether oxygens (including phenoxy) is 1. The van der Waals surface area contributed by atoms with Gasteiger partial charge >= 0.3 is 6.03 Å². The van der Waals surface area contributed by atoms with E-state index in [1.807, 2.05) is 29.2 Å². The third-order valence-corrected chi connectivity index (χ3v) is 5.26. The van der Waals surface area contributed by atoms with Crippen molar-refractivity contribution in [3.8, 4) is 11.5 Å². The van der Waals surface area contributed by atoms with Gasteiger partial charge in [0.1, 0.15) is 11.6 Å². The summed E-state index contributed by atoms with van der Waals surface area (Å²) in [5, 5.41) is 3.00. The molecule has 1 atom stereocenters. The fourth-order valence-corrected chi connectivity index (χ4v) is 3.79. The van der Waals surface area contributed by atoms with Gasteiger partial charge in [-0.1, -0.05) is 31.0 Å². The lowest BCUT2D eigenvalue weighted by Gasteiger charge is -2.30. The Labute approximate surface area is 175 Å². The van der Waals surface area contributed by atoms with Gasteiger partial charge in [-0.15, -0.1) is 0 Å². The molecule has 154 valence electrons. The number of nitrogens with one attached hydrogen (secondary N) is 1. The number of benzene rings is 2. The first-order valence-corrected chi connectivity index (χ1v) is 10.2. The molecule has 1 N–H and O–H groups in total. The minimum atomic E-state index is -0.376. The van der Waals surface area contributed by atoms with E-state index in [1.54, 1.807) is 36.7 Å². The Kier molecular flexibility index (Phi) is 6.23. The van der Waals surface area contributed by atoms with E-state index in [1.165, 1.54) is 12.1 Å². The average molecular weight is 405 g/mol. The Hall–Kier alpha value is -3.41. The first kappa shape index (κ1) is 19.9. The number of carbonyl (C=O) groups is 1. The molecule has 4 rings (SSSR count). The monoisotopic (exact) mass is 405 g/mol. The summed E-state index contributed by atoms with van der Waals surface area (Å²) in [6, 6.07) is 16.9. The minimum absolute atomic E-state index is 0.00630. The summed E-state index contributed by atoms with van der Waals surface area (Å²) in [5.74, 6) is 0.464. The standard InChI is InChI=1S/C24H24FN3O2/c25-19-7-6-8-20(17-19)30-23-11-4-3-9-21(23)27-24(29)28-16-5-1-2-10-22(28)18-12-14-26-15-13-18/h3-4,6-9,11-15,17,22H,1-2,5,10,16H2,(H,27,29). The highest BCUT2D eigenvalue weighted by molar-refractivity contribution is 5.91. The molecular weight excluding hydrogens is 381 g/mol. The number of urea groups is 1. The minimum Gasteiger partial charge on any atom is -0.455 e. The van der Waals surface area contributed by atoms with Gasteiger partial charge in [0.15, 0.2) is 5.75 Å². The van der Waals surface area contributed by atoms with Crippen LogP contribution in [0.25, 0.3) is 0 Å².